The Morgan fingerprint density at radius 1 is 1.43 bits per heavy atom. The number of para-hydroxylation sites is 1. The molecule has 0 radical (unpaired) electrons. The maximum atomic E-state index is 11.9. The average Bonchev–Trinajstić information content (AvgIpc) is 2.92. The van der Waals surface area contributed by atoms with Crippen molar-refractivity contribution in [3.05, 3.63) is 28.2 Å². The number of rotatable bonds is 6. The standard InChI is InChI=1S/C14H18Cl2N2O3/c1-20-14(5-6-21-9-14)8-17-7-12(19)18-13-10(15)3-2-4-11(13)16/h2-4,17H,5-9H2,1H3,(H,18,19). The maximum absolute atomic E-state index is 11.9. The zero-order valence-electron chi connectivity index (χ0n) is 11.7. The van der Waals surface area contributed by atoms with E-state index in [2.05, 4.69) is 10.6 Å². The highest BCUT2D eigenvalue weighted by atomic mass is 35.5. The molecule has 1 unspecified atom stereocenters. The van der Waals surface area contributed by atoms with Gasteiger partial charge < -0.3 is 20.1 Å². The third-order valence-electron chi connectivity index (χ3n) is 3.46. The van der Waals surface area contributed by atoms with Crippen LogP contribution in [0.2, 0.25) is 10.0 Å². The summed E-state index contributed by atoms with van der Waals surface area (Å²) in [5, 5.41) is 6.59. The number of nitrogens with one attached hydrogen (secondary N) is 2. The van der Waals surface area contributed by atoms with Crippen LogP contribution in [-0.2, 0) is 14.3 Å². The van der Waals surface area contributed by atoms with Gasteiger partial charge in [-0.1, -0.05) is 29.3 Å². The minimum Gasteiger partial charge on any atom is -0.378 e. The zero-order chi connectivity index (χ0) is 15.3. The van der Waals surface area contributed by atoms with Crippen molar-refractivity contribution in [2.75, 3.05) is 38.7 Å². The number of carbonyl (C=O) groups excluding carboxylic acids is 1. The minimum absolute atomic E-state index is 0.145. The van der Waals surface area contributed by atoms with Crippen LogP contribution in [0.25, 0.3) is 0 Å². The molecule has 1 atom stereocenters. The van der Waals surface area contributed by atoms with Crippen molar-refractivity contribution in [1.82, 2.24) is 5.32 Å². The van der Waals surface area contributed by atoms with E-state index in [-0.39, 0.29) is 18.1 Å². The van der Waals surface area contributed by atoms with E-state index in [0.29, 0.717) is 35.5 Å². The van der Waals surface area contributed by atoms with Gasteiger partial charge in [0.15, 0.2) is 0 Å². The van der Waals surface area contributed by atoms with Gasteiger partial charge in [0.05, 0.1) is 28.9 Å². The first-order valence-electron chi connectivity index (χ1n) is 6.64. The lowest BCUT2D eigenvalue weighted by atomic mass is 10.0. The highest BCUT2D eigenvalue weighted by Crippen LogP contribution is 2.29. The molecule has 1 amide bonds. The van der Waals surface area contributed by atoms with Gasteiger partial charge in [0, 0.05) is 26.7 Å². The van der Waals surface area contributed by atoms with Gasteiger partial charge in [-0.3, -0.25) is 4.79 Å². The molecule has 0 bridgehead atoms. The van der Waals surface area contributed by atoms with Gasteiger partial charge in [0.1, 0.15) is 5.60 Å². The van der Waals surface area contributed by atoms with Gasteiger partial charge in [-0.15, -0.1) is 0 Å². The van der Waals surface area contributed by atoms with Crippen LogP contribution >= 0.6 is 23.2 Å². The lowest BCUT2D eigenvalue weighted by molar-refractivity contribution is -0.115. The Hall–Kier alpha value is -0.850. The van der Waals surface area contributed by atoms with Crippen molar-refractivity contribution in [3.63, 3.8) is 0 Å². The molecular formula is C14H18Cl2N2O3. The fourth-order valence-corrected chi connectivity index (χ4v) is 2.66. The van der Waals surface area contributed by atoms with E-state index in [1.165, 1.54) is 0 Å². The fraction of sp³-hybridized carbons (Fsp3) is 0.500. The molecule has 1 heterocycles. The van der Waals surface area contributed by atoms with E-state index in [0.717, 1.165) is 6.42 Å². The van der Waals surface area contributed by atoms with Crippen LogP contribution in [0.1, 0.15) is 6.42 Å². The molecule has 0 aliphatic carbocycles. The number of hydrogen-bond acceptors (Lipinski definition) is 4. The molecule has 7 heteroatoms. The molecule has 1 saturated heterocycles. The van der Waals surface area contributed by atoms with Gasteiger partial charge >= 0.3 is 0 Å². The molecule has 5 nitrogen and oxygen atoms in total. The lowest BCUT2D eigenvalue weighted by Gasteiger charge is -2.25. The maximum Gasteiger partial charge on any atom is 0.238 e. The van der Waals surface area contributed by atoms with Crippen LogP contribution < -0.4 is 10.6 Å². The second-order valence-corrected chi connectivity index (χ2v) is 5.75. The lowest BCUT2D eigenvalue weighted by Crippen LogP contribution is -2.45. The molecular weight excluding hydrogens is 315 g/mol. The van der Waals surface area contributed by atoms with E-state index in [4.69, 9.17) is 32.7 Å². The van der Waals surface area contributed by atoms with E-state index in [9.17, 15) is 4.79 Å². The summed E-state index contributed by atoms with van der Waals surface area (Å²) in [7, 11) is 1.65. The molecule has 21 heavy (non-hydrogen) atoms. The summed E-state index contributed by atoms with van der Waals surface area (Å²) in [4.78, 5) is 11.9. The van der Waals surface area contributed by atoms with Gasteiger partial charge in [-0.25, -0.2) is 0 Å². The van der Waals surface area contributed by atoms with Crippen molar-refractivity contribution >= 4 is 34.8 Å². The Balaban J connectivity index is 1.82. The van der Waals surface area contributed by atoms with Crippen LogP contribution in [0.15, 0.2) is 18.2 Å². The Morgan fingerprint density at radius 3 is 2.71 bits per heavy atom. The summed E-state index contributed by atoms with van der Waals surface area (Å²) in [6, 6.07) is 5.07. The molecule has 116 valence electrons. The number of ether oxygens (including phenoxy) is 2. The summed E-state index contributed by atoms with van der Waals surface area (Å²) in [6.45, 7) is 1.91. The predicted octanol–water partition coefficient (Wildman–Crippen LogP) is 2.33. The van der Waals surface area contributed by atoms with Crippen LogP contribution in [0.5, 0.6) is 0 Å². The Labute approximate surface area is 133 Å². The number of halogens is 2. The first kappa shape index (κ1) is 16.5. The number of benzene rings is 1. The predicted molar refractivity (Wildman–Crippen MR) is 83.1 cm³/mol. The van der Waals surface area contributed by atoms with Gasteiger partial charge in [0.25, 0.3) is 0 Å². The minimum atomic E-state index is -0.345. The largest absolute Gasteiger partial charge is 0.378 e. The SMILES string of the molecule is COC1(CNCC(=O)Nc2c(Cl)cccc2Cl)CCOC1. The van der Waals surface area contributed by atoms with Crippen LogP contribution in [-0.4, -0.2) is 44.9 Å². The Bertz CT molecular complexity index is 485. The highest BCUT2D eigenvalue weighted by molar-refractivity contribution is 6.39. The van der Waals surface area contributed by atoms with Crippen molar-refractivity contribution in [1.29, 1.82) is 0 Å². The van der Waals surface area contributed by atoms with Crippen molar-refractivity contribution in [3.8, 4) is 0 Å². The summed E-state index contributed by atoms with van der Waals surface area (Å²) in [6.07, 6.45) is 0.814. The van der Waals surface area contributed by atoms with Gasteiger partial charge in [-0.05, 0) is 12.1 Å². The van der Waals surface area contributed by atoms with Crippen LogP contribution in [0.4, 0.5) is 5.69 Å². The number of hydrogen-bond donors (Lipinski definition) is 2. The molecule has 1 aromatic carbocycles. The fourth-order valence-electron chi connectivity index (χ4n) is 2.17. The summed E-state index contributed by atoms with van der Waals surface area (Å²) < 4.78 is 10.8. The second-order valence-electron chi connectivity index (χ2n) is 4.94. The molecule has 2 N–H and O–H groups in total. The molecule has 1 fully saturated rings. The monoisotopic (exact) mass is 332 g/mol. The van der Waals surface area contributed by atoms with E-state index < -0.39 is 0 Å². The molecule has 1 aliphatic rings. The van der Waals surface area contributed by atoms with Crippen LogP contribution in [0.3, 0.4) is 0 Å². The smallest absolute Gasteiger partial charge is 0.238 e. The van der Waals surface area contributed by atoms with Crippen LogP contribution in [0, 0.1) is 0 Å². The van der Waals surface area contributed by atoms with E-state index >= 15 is 0 Å². The topological polar surface area (TPSA) is 59.6 Å². The summed E-state index contributed by atoms with van der Waals surface area (Å²) in [5.41, 5.74) is 0.0840. The summed E-state index contributed by atoms with van der Waals surface area (Å²) in [5.74, 6) is -0.213. The molecule has 1 aromatic rings. The van der Waals surface area contributed by atoms with Crippen molar-refractivity contribution < 1.29 is 14.3 Å². The molecule has 2 rings (SSSR count). The molecule has 0 aromatic heterocycles. The number of carbonyl (C=O) groups is 1. The molecule has 0 spiro atoms. The molecule has 0 saturated carbocycles. The zero-order valence-corrected chi connectivity index (χ0v) is 13.3. The number of methoxy groups -OCH3 is 1. The van der Waals surface area contributed by atoms with Gasteiger partial charge in [0.2, 0.25) is 5.91 Å². The Kier molecular flexibility index (Phi) is 5.84. The van der Waals surface area contributed by atoms with Gasteiger partial charge in [-0.2, -0.15) is 0 Å². The van der Waals surface area contributed by atoms with Crippen molar-refractivity contribution in [2.45, 2.75) is 12.0 Å². The van der Waals surface area contributed by atoms with Crippen molar-refractivity contribution in [2.24, 2.45) is 0 Å². The van der Waals surface area contributed by atoms with E-state index in [1.54, 1.807) is 25.3 Å². The molecule has 1 aliphatic heterocycles. The normalized spacial score (nSPS) is 21.5. The quantitative estimate of drug-likeness (QED) is 0.839. The number of amides is 1. The Morgan fingerprint density at radius 2 is 2.14 bits per heavy atom. The van der Waals surface area contributed by atoms with E-state index in [1.807, 2.05) is 0 Å². The third-order valence-corrected chi connectivity index (χ3v) is 4.09. The second kappa shape index (κ2) is 7.42. The summed E-state index contributed by atoms with van der Waals surface area (Å²) >= 11 is 12.0. The third kappa shape index (κ3) is 4.31. The number of anilines is 1. The first-order valence-corrected chi connectivity index (χ1v) is 7.39. The first-order chi connectivity index (χ1) is 10.1. The highest BCUT2D eigenvalue weighted by Gasteiger charge is 2.34. The average molecular weight is 333 g/mol.